The highest BCUT2D eigenvalue weighted by atomic mass is 15.1. The number of hydrogen-bond acceptors (Lipinski definition) is 2. The third-order valence-corrected chi connectivity index (χ3v) is 0.697. The van der Waals surface area contributed by atoms with Crippen LogP contribution in [0.25, 0.3) is 0 Å². The number of nitrogens with two attached hydrogens (primary N) is 1. The van der Waals surface area contributed by atoms with Crippen LogP contribution >= 0.6 is 0 Å². The van der Waals surface area contributed by atoms with Crippen molar-refractivity contribution in [2.75, 3.05) is 0 Å². The van der Waals surface area contributed by atoms with E-state index in [9.17, 15) is 0 Å². The minimum Gasteiger partial charge on any atom is -0.318 e. The second kappa shape index (κ2) is 1.75. The van der Waals surface area contributed by atoms with Crippen LogP contribution in [0.3, 0.4) is 0 Å². The van der Waals surface area contributed by atoms with Crippen molar-refractivity contribution >= 4 is 0 Å². The normalized spacial score (nSPS) is 9.29. The van der Waals surface area contributed by atoms with E-state index < -0.39 is 0 Å². The lowest BCUT2D eigenvalue weighted by Gasteiger charge is -1.86. The van der Waals surface area contributed by atoms with Crippen LogP contribution in [0.15, 0.2) is 18.7 Å². The molecular formula is C4H6N3. The van der Waals surface area contributed by atoms with Gasteiger partial charge >= 0.3 is 0 Å². The first-order valence-corrected chi connectivity index (χ1v) is 1.96. The average molecular weight is 96.1 g/mol. The van der Waals surface area contributed by atoms with E-state index in [-0.39, 0.29) is 0 Å². The van der Waals surface area contributed by atoms with Gasteiger partial charge in [-0.15, -0.1) is 0 Å². The van der Waals surface area contributed by atoms with E-state index in [1.807, 2.05) is 0 Å². The molecule has 0 spiro atoms. The van der Waals surface area contributed by atoms with Gasteiger partial charge in [-0.1, -0.05) is 0 Å². The molecule has 0 saturated heterocycles. The van der Waals surface area contributed by atoms with Gasteiger partial charge in [0.2, 0.25) is 0 Å². The molecule has 0 fully saturated rings. The smallest absolute Gasteiger partial charge is 0.117 e. The molecule has 0 unspecified atom stereocenters. The van der Waals surface area contributed by atoms with E-state index in [1.54, 1.807) is 23.3 Å². The van der Waals surface area contributed by atoms with E-state index in [0.717, 1.165) is 0 Å². The fourth-order valence-corrected chi connectivity index (χ4v) is 0.358. The molecular weight excluding hydrogens is 90.1 g/mol. The summed E-state index contributed by atoms with van der Waals surface area (Å²) in [6.45, 7) is 1.44. The maximum atomic E-state index is 5.09. The lowest BCUT2D eigenvalue weighted by molar-refractivity contribution is 0.932. The van der Waals surface area contributed by atoms with Crippen molar-refractivity contribution < 1.29 is 0 Å². The summed E-state index contributed by atoms with van der Waals surface area (Å²) in [5.74, 6) is 0. The Morgan fingerprint density at radius 3 is 2.86 bits per heavy atom. The van der Waals surface area contributed by atoms with Crippen LogP contribution < -0.4 is 5.73 Å². The maximum absolute atomic E-state index is 5.09. The van der Waals surface area contributed by atoms with Gasteiger partial charge < -0.3 is 10.3 Å². The zero-order valence-electron chi connectivity index (χ0n) is 3.78. The molecule has 2 N–H and O–H groups in total. The Kier molecular flexibility index (Phi) is 1.08. The van der Waals surface area contributed by atoms with Crippen molar-refractivity contribution in [3.63, 3.8) is 0 Å². The van der Waals surface area contributed by atoms with Crippen molar-refractivity contribution in [1.29, 1.82) is 0 Å². The molecule has 0 aromatic carbocycles. The topological polar surface area (TPSA) is 43.8 Å². The monoisotopic (exact) mass is 96.1 g/mol. The van der Waals surface area contributed by atoms with Crippen molar-refractivity contribution in [2.24, 2.45) is 5.73 Å². The predicted octanol–water partition coefficient (Wildman–Crippen LogP) is -0.191. The van der Waals surface area contributed by atoms with Crippen LogP contribution in [-0.2, 0) is 0 Å². The lowest BCUT2D eigenvalue weighted by Crippen LogP contribution is -1.99. The quantitative estimate of drug-likeness (QED) is 0.526. The Balaban J connectivity index is 2.76. The number of imidazole rings is 1. The molecule has 1 radical (unpaired) electrons. The van der Waals surface area contributed by atoms with Crippen LogP contribution in [-0.4, -0.2) is 9.55 Å². The predicted molar refractivity (Wildman–Crippen MR) is 26.1 cm³/mol. The fraction of sp³-hybridized carbons (Fsp3) is 0. The molecule has 0 aliphatic carbocycles. The van der Waals surface area contributed by atoms with E-state index >= 15 is 0 Å². The summed E-state index contributed by atoms with van der Waals surface area (Å²) in [4.78, 5) is 3.74. The minimum atomic E-state index is 1.44. The van der Waals surface area contributed by atoms with E-state index in [4.69, 9.17) is 5.73 Å². The highest BCUT2D eigenvalue weighted by Gasteiger charge is 1.78. The Morgan fingerprint density at radius 1 is 1.71 bits per heavy atom. The van der Waals surface area contributed by atoms with Crippen LogP contribution in [0.5, 0.6) is 0 Å². The molecule has 3 heteroatoms. The summed E-state index contributed by atoms with van der Waals surface area (Å²) in [5.41, 5.74) is 5.09. The first kappa shape index (κ1) is 4.33. The van der Waals surface area contributed by atoms with Crippen LogP contribution in [0.4, 0.5) is 0 Å². The van der Waals surface area contributed by atoms with E-state index in [0.29, 0.717) is 0 Å². The summed E-state index contributed by atoms with van der Waals surface area (Å²) in [6, 6.07) is 0. The van der Waals surface area contributed by atoms with Gasteiger partial charge in [-0.05, 0) is 0 Å². The molecule has 0 atom stereocenters. The third kappa shape index (κ3) is 0.778. The highest BCUT2D eigenvalue weighted by Crippen LogP contribution is 1.79. The van der Waals surface area contributed by atoms with E-state index in [1.165, 1.54) is 6.67 Å². The molecule has 1 aromatic heterocycles. The number of hydrogen-bond donors (Lipinski definition) is 1. The molecule has 1 aromatic rings. The van der Waals surface area contributed by atoms with Crippen LogP contribution in [0, 0.1) is 6.67 Å². The minimum absolute atomic E-state index is 1.44. The molecule has 37 valence electrons. The molecule has 1 heterocycles. The second-order valence-corrected chi connectivity index (χ2v) is 1.16. The Morgan fingerprint density at radius 2 is 2.57 bits per heavy atom. The number of aromatic nitrogens is 2. The van der Waals surface area contributed by atoms with Gasteiger partial charge in [0.05, 0.1) is 6.33 Å². The summed E-state index contributed by atoms with van der Waals surface area (Å²) in [7, 11) is 0. The number of rotatable bonds is 1. The zero-order chi connectivity index (χ0) is 5.11. The fourth-order valence-electron chi connectivity index (χ4n) is 0.358. The summed E-state index contributed by atoms with van der Waals surface area (Å²) in [5, 5.41) is 0. The summed E-state index contributed by atoms with van der Waals surface area (Å²) < 4.78 is 1.67. The van der Waals surface area contributed by atoms with Crippen LogP contribution in [0.1, 0.15) is 0 Å². The molecule has 3 nitrogen and oxygen atoms in total. The van der Waals surface area contributed by atoms with Gasteiger partial charge in [0, 0.05) is 12.4 Å². The van der Waals surface area contributed by atoms with Crippen molar-refractivity contribution in [1.82, 2.24) is 9.55 Å². The van der Waals surface area contributed by atoms with Gasteiger partial charge in [-0.3, -0.25) is 0 Å². The van der Waals surface area contributed by atoms with Gasteiger partial charge in [0.15, 0.2) is 0 Å². The third-order valence-electron chi connectivity index (χ3n) is 0.697. The second-order valence-electron chi connectivity index (χ2n) is 1.16. The molecule has 0 bridgehead atoms. The van der Waals surface area contributed by atoms with Crippen molar-refractivity contribution in [2.45, 2.75) is 0 Å². The lowest BCUT2D eigenvalue weighted by atomic mass is 10.9. The molecule has 0 saturated carbocycles. The zero-order valence-corrected chi connectivity index (χ0v) is 3.78. The van der Waals surface area contributed by atoms with Gasteiger partial charge in [0.1, 0.15) is 6.67 Å². The highest BCUT2D eigenvalue weighted by molar-refractivity contribution is 4.78. The Bertz CT molecular complexity index is 121. The largest absolute Gasteiger partial charge is 0.318 e. The molecule has 7 heavy (non-hydrogen) atoms. The molecule has 0 aliphatic heterocycles. The van der Waals surface area contributed by atoms with E-state index in [2.05, 4.69) is 4.98 Å². The first-order chi connectivity index (χ1) is 3.43. The summed E-state index contributed by atoms with van der Waals surface area (Å²) in [6.07, 6.45) is 5.06. The molecule has 0 amide bonds. The maximum Gasteiger partial charge on any atom is 0.117 e. The first-order valence-electron chi connectivity index (χ1n) is 1.96. The van der Waals surface area contributed by atoms with Gasteiger partial charge in [-0.2, -0.15) is 0 Å². The SMILES string of the molecule is N[CH]n1ccnc1. The Hall–Kier alpha value is -0.830. The average Bonchev–Trinajstić information content (AvgIpc) is 2.14. The van der Waals surface area contributed by atoms with Crippen molar-refractivity contribution in [3.8, 4) is 0 Å². The Labute approximate surface area is 41.8 Å². The van der Waals surface area contributed by atoms with Crippen LogP contribution in [0.2, 0.25) is 0 Å². The van der Waals surface area contributed by atoms with Gasteiger partial charge in [0.25, 0.3) is 0 Å². The molecule has 0 aliphatic rings. The summed E-state index contributed by atoms with van der Waals surface area (Å²) >= 11 is 0. The number of nitrogens with zero attached hydrogens (tertiary/aromatic N) is 2. The molecule has 1 rings (SSSR count). The standard InChI is InChI=1S/C4H6N3/c5-3-7-2-1-6-4-7/h1-4H,5H2. The van der Waals surface area contributed by atoms with Gasteiger partial charge in [-0.25, -0.2) is 4.98 Å². The van der Waals surface area contributed by atoms with Crippen molar-refractivity contribution in [3.05, 3.63) is 25.4 Å².